The van der Waals surface area contributed by atoms with Gasteiger partial charge in [0.15, 0.2) is 0 Å². The number of hydrogen-bond acceptors (Lipinski definition) is 3. The third kappa shape index (κ3) is 2.54. The van der Waals surface area contributed by atoms with E-state index < -0.39 is 5.54 Å². The van der Waals surface area contributed by atoms with E-state index in [1.54, 1.807) is 0 Å². The number of nitrogens with one attached hydrogen (secondary N) is 1. The average molecular weight is 274 g/mol. The molecule has 1 aromatic carbocycles. The summed E-state index contributed by atoms with van der Waals surface area (Å²) in [5.41, 5.74) is 6.79. The van der Waals surface area contributed by atoms with Crippen LogP contribution in [0.1, 0.15) is 26.6 Å². The summed E-state index contributed by atoms with van der Waals surface area (Å²) in [6, 6.07) is 7.96. The van der Waals surface area contributed by atoms with E-state index in [2.05, 4.69) is 21.8 Å². The van der Waals surface area contributed by atoms with Crippen LogP contribution in [0.25, 0.3) is 11.0 Å². The second kappa shape index (κ2) is 5.63. The largest absolute Gasteiger partial charge is 0.368 e. The minimum atomic E-state index is -0.776. The topological polar surface area (TPSA) is 72.9 Å². The smallest absolute Gasteiger partial charge is 0.239 e. The van der Waals surface area contributed by atoms with Crippen LogP contribution in [0.3, 0.4) is 0 Å². The number of nitrogens with two attached hydrogens (primary N) is 1. The fourth-order valence-corrected chi connectivity index (χ4v) is 2.50. The molecule has 1 heterocycles. The number of aromatic nitrogens is 2. The van der Waals surface area contributed by atoms with Crippen molar-refractivity contribution >= 4 is 16.9 Å². The van der Waals surface area contributed by atoms with Crippen LogP contribution in [-0.2, 0) is 17.8 Å². The van der Waals surface area contributed by atoms with Crippen molar-refractivity contribution in [3.8, 4) is 0 Å². The molecule has 1 unspecified atom stereocenters. The molecule has 108 valence electrons. The number of fused-ring (bicyclic) bond motifs is 1. The summed E-state index contributed by atoms with van der Waals surface area (Å²) in [7, 11) is 0. The molecule has 2 rings (SSSR count). The predicted octanol–water partition coefficient (Wildman–Crippen LogP) is 1.45. The lowest BCUT2D eigenvalue weighted by molar-refractivity contribution is -0.124. The van der Waals surface area contributed by atoms with Crippen molar-refractivity contribution in [3.63, 3.8) is 0 Å². The quantitative estimate of drug-likeness (QED) is 0.837. The summed E-state index contributed by atoms with van der Waals surface area (Å²) in [5.74, 6) is 0.621. The number of carbonyl (C=O) groups is 1. The summed E-state index contributed by atoms with van der Waals surface area (Å²) in [6.45, 7) is 7.04. The van der Waals surface area contributed by atoms with Gasteiger partial charge in [-0.3, -0.25) is 4.79 Å². The number of likely N-dealkylation sites (N-methyl/N-ethyl adjacent to an activating group) is 1. The molecule has 1 amide bonds. The van der Waals surface area contributed by atoms with Crippen LogP contribution in [-0.4, -0.2) is 27.5 Å². The van der Waals surface area contributed by atoms with E-state index in [9.17, 15) is 4.79 Å². The van der Waals surface area contributed by atoms with Crippen molar-refractivity contribution in [2.24, 2.45) is 5.73 Å². The van der Waals surface area contributed by atoms with Gasteiger partial charge in [-0.05, 0) is 25.6 Å². The summed E-state index contributed by atoms with van der Waals surface area (Å²) in [6.07, 6.45) is 0.815. The first-order chi connectivity index (χ1) is 9.51. The molecule has 0 fully saturated rings. The first-order valence-electron chi connectivity index (χ1n) is 7.01. The first kappa shape index (κ1) is 14.5. The normalized spacial score (nSPS) is 14.3. The maximum absolute atomic E-state index is 11.8. The Morgan fingerprint density at radius 1 is 1.40 bits per heavy atom. The van der Waals surface area contributed by atoms with Gasteiger partial charge in [0.2, 0.25) is 5.91 Å². The van der Waals surface area contributed by atoms with Crippen LogP contribution in [0.2, 0.25) is 0 Å². The number of aryl methyl sites for hydroxylation is 1. The molecule has 20 heavy (non-hydrogen) atoms. The van der Waals surface area contributed by atoms with E-state index in [1.165, 1.54) is 0 Å². The van der Waals surface area contributed by atoms with Crippen molar-refractivity contribution in [2.75, 3.05) is 6.54 Å². The molecule has 0 bridgehead atoms. The number of nitrogens with zero attached hydrogens (tertiary/aromatic N) is 2. The van der Waals surface area contributed by atoms with Gasteiger partial charge >= 0.3 is 0 Å². The fraction of sp³-hybridized carbons (Fsp3) is 0.467. The van der Waals surface area contributed by atoms with E-state index in [0.29, 0.717) is 13.1 Å². The van der Waals surface area contributed by atoms with Crippen molar-refractivity contribution in [1.82, 2.24) is 14.9 Å². The summed E-state index contributed by atoms with van der Waals surface area (Å²) >= 11 is 0. The Morgan fingerprint density at radius 3 is 2.70 bits per heavy atom. The van der Waals surface area contributed by atoms with E-state index in [4.69, 9.17) is 5.73 Å². The average Bonchev–Trinajstić information content (AvgIpc) is 2.77. The Kier molecular flexibility index (Phi) is 4.09. The van der Waals surface area contributed by atoms with Crippen molar-refractivity contribution in [2.45, 2.75) is 39.3 Å². The van der Waals surface area contributed by atoms with E-state index >= 15 is 0 Å². The minimum absolute atomic E-state index is 0.348. The molecular formula is C15H22N4O. The molecule has 3 N–H and O–H groups in total. The molecule has 0 aliphatic heterocycles. The molecule has 0 spiro atoms. The van der Waals surface area contributed by atoms with E-state index in [1.807, 2.05) is 38.1 Å². The van der Waals surface area contributed by atoms with Gasteiger partial charge in [-0.25, -0.2) is 4.98 Å². The van der Waals surface area contributed by atoms with Crippen molar-refractivity contribution in [3.05, 3.63) is 30.1 Å². The van der Waals surface area contributed by atoms with Gasteiger partial charge in [0.1, 0.15) is 11.4 Å². The Bertz CT molecular complexity index is 619. The molecule has 0 radical (unpaired) electrons. The predicted molar refractivity (Wildman–Crippen MR) is 80.4 cm³/mol. The van der Waals surface area contributed by atoms with Gasteiger partial charge in [0.25, 0.3) is 0 Å². The SMILES string of the molecule is CCNC(C)(Cn1c(CC)nc2ccccc21)C(N)=O. The minimum Gasteiger partial charge on any atom is -0.368 e. The highest BCUT2D eigenvalue weighted by atomic mass is 16.1. The highest BCUT2D eigenvalue weighted by molar-refractivity contribution is 5.84. The van der Waals surface area contributed by atoms with Crippen LogP contribution in [0.15, 0.2) is 24.3 Å². The number of para-hydroxylation sites is 2. The van der Waals surface area contributed by atoms with Gasteiger partial charge in [0.05, 0.1) is 17.6 Å². The zero-order chi connectivity index (χ0) is 14.8. The number of amides is 1. The highest BCUT2D eigenvalue weighted by Gasteiger charge is 2.31. The number of benzene rings is 1. The number of primary amides is 1. The van der Waals surface area contributed by atoms with Crippen LogP contribution in [0.5, 0.6) is 0 Å². The second-order valence-corrected chi connectivity index (χ2v) is 5.18. The van der Waals surface area contributed by atoms with E-state index in [-0.39, 0.29) is 5.91 Å². The van der Waals surface area contributed by atoms with Crippen LogP contribution < -0.4 is 11.1 Å². The monoisotopic (exact) mass is 274 g/mol. The Hall–Kier alpha value is -1.88. The first-order valence-corrected chi connectivity index (χ1v) is 7.01. The fourth-order valence-electron chi connectivity index (χ4n) is 2.50. The van der Waals surface area contributed by atoms with E-state index in [0.717, 1.165) is 23.3 Å². The number of rotatable bonds is 6. The molecular weight excluding hydrogens is 252 g/mol. The molecule has 0 saturated carbocycles. The number of carbonyl (C=O) groups excluding carboxylic acids is 1. The molecule has 5 heteroatoms. The van der Waals surface area contributed by atoms with Crippen LogP contribution in [0.4, 0.5) is 0 Å². The summed E-state index contributed by atoms with van der Waals surface area (Å²) < 4.78 is 2.09. The Morgan fingerprint density at radius 2 is 2.10 bits per heavy atom. The Balaban J connectivity index is 2.48. The molecule has 0 saturated heterocycles. The maximum atomic E-state index is 11.8. The Labute approximate surface area is 119 Å². The lowest BCUT2D eigenvalue weighted by Crippen LogP contribution is -2.55. The zero-order valence-electron chi connectivity index (χ0n) is 12.3. The summed E-state index contributed by atoms with van der Waals surface area (Å²) in [4.78, 5) is 16.4. The zero-order valence-corrected chi connectivity index (χ0v) is 12.3. The molecule has 5 nitrogen and oxygen atoms in total. The van der Waals surface area contributed by atoms with Gasteiger partial charge < -0.3 is 15.6 Å². The molecule has 1 atom stereocenters. The third-order valence-electron chi connectivity index (χ3n) is 3.63. The highest BCUT2D eigenvalue weighted by Crippen LogP contribution is 2.19. The van der Waals surface area contributed by atoms with Gasteiger partial charge in [-0.2, -0.15) is 0 Å². The standard InChI is InChI=1S/C15H22N4O/c1-4-13-18-11-8-6-7-9-12(11)19(13)10-15(3,14(16)20)17-5-2/h6-9,17H,4-5,10H2,1-3H3,(H2,16,20). The van der Waals surface area contributed by atoms with Gasteiger partial charge in [-0.1, -0.05) is 26.0 Å². The molecule has 0 aliphatic carbocycles. The van der Waals surface area contributed by atoms with Crippen molar-refractivity contribution < 1.29 is 4.79 Å². The van der Waals surface area contributed by atoms with Crippen LogP contribution in [0, 0.1) is 0 Å². The molecule has 1 aromatic heterocycles. The molecule has 0 aliphatic rings. The number of hydrogen-bond donors (Lipinski definition) is 2. The third-order valence-corrected chi connectivity index (χ3v) is 3.63. The van der Waals surface area contributed by atoms with Crippen molar-refractivity contribution in [1.29, 1.82) is 0 Å². The number of imidazole rings is 1. The van der Waals surface area contributed by atoms with Crippen LogP contribution >= 0.6 is 0 Å². The second-order valence-electron chi connectivity index (χ2n) is 5.18. The lowest BCUT2D eigenvalue weighted by atomic mass is 10.0. The maximum Gasteiger partial charge on any atom is 0.239 e. The summed E-state index contributed by atoms with van der Waals surface area (Å²) in [5, 5.41) is 3.19. The molecule has 2 aromatic rings. The van der Waals surface area contributed by atoms with Gasteiger partial charge in [0, 0.05) is 6.42 Å². The van der Waals surface area contributed by atoms with Gasteiger partial charge in [-0.15, -0.1) is 0 Å². The lowest BCUT2D eigenvalue weighted by Gasteiger charge is -2.28.